The van der Waals surface area contributed by atoms with Gasteiger partial charge in [-0.1, -0.05) is 26.0 Å². The monoisotopic (exact) mass is 422 g/mol. The van der Waals surface area contributed by atoms with Gasteiger partial charge in [0.15, 0.2) is 5.82 Å². The number of rotatable bonds is 5. The Balaban J connectivity index is 1.65. The number of aromatic nitrogens is 4. The Morgan fingerprint density at radius 3 is 2.26 bits per heavy atom. The van der Waals surface area contributed by atoms with Crippen LogP contribution in [-0.4, -0.2) is 48.9 Å². The van der Waals surface area contributed by atoms with Crippen LogP contribution in [0.15, 0.2) is 42.5 Å². The van der Waals surface area contributed by atoms with E-state index in [0.29, 0.717) is 11.5 Å². The molecule has 1 aliphatic rings. The molecule has 0 saturated carbocycles. The predicted molar refractivity (Wildman–Crippen MR) is 108 cm³/mol. The van der Waals surface area contributed by atoms with Crippen LogP contribution in [0, 0.1) is 18.7 Å². The molecule has 2 heterocycles. The zero-order valence-corrected chi connectivity index (χ0v) is 17.0. The molecule has 9 nitrogen and oxygen atoms in total. The lowest BCUT2D eigenvalue weighted by atomic mass is 10.0. The zero-order chi connectivity index (χ0) is 22.3. The maximum Gasteiger partial charge on any atom is 0.262 e. The van der Waals surface area contributed by atoms with E-state index in [-0.39, 0.29) is 16.8 Å². The average molecular weight is 422 g/mol. The molecular weight excluding hydrogens is 403 g/mol. The number of imide groups is 1. The highest BCUT2D eigenvalue weighted by molar-refractivity contribution is 6.23. The number of hydrogen-bond acceptors (Lipinski definition) is 6. The molecule has 1 atom stereocenters. The van der Waals surface area contributed by atoms with Gasteiger partial charge in [0.1, 0.15) is 11.9 Å². The summed E-state index contributed by atoms with van der Waals surface area (Å²) >= 11 is 0. The lowest BCUT2D eigenvalue weighted by Gasteiger charge is -2.28. The third-order valence-electron chi connectivity index (χ3n) is 5.08. The Morgan fingerprint density at radius 1 is 1.06 bits per heavy atom. The van der Waals surface area contributed by atoms with Gasteiger partial charge in [0.05, 0.1) is 22.5 Å². The van der Waals surface area contributed by atoms with Crippen molar-refractivity contribution in [3.63, 3.8) is 0 Å². The quantitative estimate of drug-likeness (QED) is 0.632. The van der Waals surface area contributed by atoms with Crippen LogP contribution < -0.4 is 5.32 Å². The largest absolute Gasteiger partial charge is 0.322 e. The number of carbonyl (C=O) groups is 3. The van der Waals surface area contributed by atoms with Gasteiger partial charge in [-0.25, -0.2) is 4.39 Å². The summed E-state index contributed by atoms with van der Waals surface area (Å²) in [7, 11) is 0. The van der Waals surface area contributed by atoms with Crippen LogP contribution >= 0.6 is 0 Å². The van der Waals surface area contributed by atoms with E-state index in [9.17, 15) is 18.8 Å². The van der Waals surface area contributed by atoms with Crippen molar-refractivity contribution in [2.45, 2.75) is 26.8 Å². The highest BCUT2D eigenvalue weighted by atomic mass is 19.1. The molecule has 0 saturated heterocycles. The van der Waals surface area contributed by atoms with Crippen molar-refractivity contribution < 1.29 is 18.8 Å². The summed E-state index contributed by atoms with van der Waals surface area (Å²) in [6, 6.07) is 9.31. The minimum Gasteiger partial charge on any atom is -0.322 e. The van der Waals surface area contributed by atoms with E-state index >= 15 is 0 Å². The Morgan fingerprint density at radius 2 is 1.71 bits per heavy atom. The molecular formula is C21H19FN6O3. The van der Waals surface area contributed by atoms with Gasteiger partial charge in [-0.3, -0.25) is 19.3 Å². The van der Waals surface area contributed by atoms with Crippen LogP contribution in [0.2, 0.25) is 0 Å². The number of carbonyl (C=O) groups excluding carboxylic acids is 3. The third kappa shape index (κ3) is 3.45. The van der Waals surface area contributed by atoms with Gasteiger partial charge in [-0.15, -0.1) is 5.10 Å². The van der Waals surface area contributed by atoms with E-state index in [4.69, 9.17) is 0 Å². The van der Waals surface area contributed by atoms with E-state index < -0.39 is 35.5 Å². The second-order valence-electron chi connectivity index (χ2n) is 7.51. The molecule has 4 rings (SSSR count). The molecule has 1 N–H and O–H groups in total. The number of hydrogen-bond donors (Lipinski definition) is 1. The molecule has 0 fully saturated rings. The van der Waals surface area contributed by atoms with Crippen LogP contribution in [0.5, 0.6) is 0 Å². The maximum atomic E-state index is 14.5. The van der Waals surface area contributed by atoms with Crippen LogP contribution in [0.3, 0.4) is 0 Å². The fourth-order valence-electron chi connectivity index (χ4n) is 3.60. The second kappa shape index (κ2) is 7.71. The van der Waals surface area contributed by atoms with Crippen LogP contribution in [0.25, 0.3) is 5.69 Å². The molecule has 1 aliphatic heterocycles. The van der Waals surface area contributed by atoms with Crippen molar-refractivity contribution in [3.8, 4) is 5.69 Å². The van der Waals surface area contributed by atoms with E-state index in [1.54, 1.807) is 45.0 Å². The molecule has 3 amide bonds. The van der Waals surface area contributed by atoms with E-state index in [1.807, 2.05) is 0 Å². The van der Waals surface area contributed by atoms with Gasteiger partial charge >= 0.3 is 0 Å². The molecule has 1 aromatic heterocycles. The lowest BCUT2D eigenvalue weighted by molar-refractivity contribution is -0.121. The fraction of sp³-hybridized carbons (Fsp3) is 0.238. The van der Waals surface area contributed by atoms with Crippen LogP contribution in [0.1, 0.15) is 40.4 Å². The van der Waals surface area contributed by atoms with Crippen molar-refractivity contribution in [2.24, 2.45) is 5.92 Å². The molecule has 0 aliphatic carbocycles. The molecule has 3 aromatic rings. The summed E-state index contributed by atoms with van der Waals surface area (Å²) in [6.45, 7) is 5.11. The highest BCUT2D eigenvalue weighted by Crippen LogP contribution is 2.28. The standard InChI is InChI=1S/C21H19FN6O3/c1-11(2)18(27-20(30)14-6-4-5-7-15(14)21(27)31)19(29)23-17-10-13(8-9-16(17)22)28-12(3)24-25-26-28/h4-11,18H,1-3H3,(H,23,29). The zero-order valence-electron chi connectivity index (χ0n) is 17.0. The Kier molecular flexibility index (Phi) is 5.05. The number of anilines is 1. The average Bonchev–Trinajstić information content (AvgIpc) is 3.27. The Labute approximate surface area is 176 Å². The first kappa shape index (κ1) is 20.3. The van der Waals surface area contributed by atoms with Gasteiger partial charge in [-0.05, 0) is 53.6 Å². The number of nitrogens with zero attached hydrogens (tertiary/aromatic N) is 5. The number of halogens is 1. The molecule has 0 radical (unpaired) electrons. The summed E-state index contributed by atoms with van der Waals surface area (Å²) in [6.07, 6.45) is 0. The SMILES string of the molecule is Cc1nnnn1-c1ccc(F)c(NC(=O)C(C(C)C)N2C(=O)c3ccccc3C2=O)c1. The normalized spacial score (nSPS) is 14.2. The smallest absolute Gasteiger partial charge is 0.262 e. The molecule has 31 heavy (non-hydrogen) atoms. The van der Waals surface area contributed by atoms with Gasteiger partial charge < -0.3 is 5.32 Å². The number of aryl methyl sites for hydroxylation is 1. The number of nitrogens with one attached hydrogen (secondary N) is 1. The number of amides is 3. The molecule has 1 unspecified atom stereocenters. The highest BCUT2D eigenvalue weighted by Gasteiger charge is 2.44. The van der Waals surface area contributed by atoms with Crippen molar-refractivity contribution in [1.29, 1.82) is 0 Å². The predicted octanol–water partition coefficient (Wildman–Crippen LogP) is 2.37. The first-order valence-corrected chi connectivity index (χ1v) is 9.62. The first-order chi connectivity index (χ1) is 14.8. The summed E-state index contributed by atoms with van der Waals surface area (Å²) in [4.78, 5) is 39.8. The van der Waals surface area contributed by atoms with Crippen molar-refractivity contribution in [1.82, 2.24) is 25.1 Å². The molecule has 2 aromatic carbocycles. The first-order valence-electron chi connectivity index (χ1n) is 9.62. The fourth-order valence-corrected chi connectivity index (χ4v) is 3.60. The van der Waals surface area contributed by atoms with Crippen molar-refractivity contribution in [2.75, 3.05) is 5.32 Å². The van der Waals surface area contributed by atoms with Crippen LogP contribution in [0.4, 0.5) is 10.1 Å². The number of tetrazole rings is 1. The second-order valence-corrected chi connectivity index (χ2v) is 7.51. The number of fused-ring (bicyclic) bond motifs is 1. The summed E-state index contributed by atoms with van der Waals surface area (Å²) in [5.74, 6) is -2.37. The molecule has 0 bridgehead atoms. The van der Waals surface area contributed by atoms with Gasteiger partial charge in [0, 0.05) is 0 Å². The minimum absolute atomic E-state index is 0.111. The topological polar surface area (TPSA) is 110 Å². The molecule has 158 valence electrons. The van der Waals surface area contributed by atoms with Gasteiger partial charge in [0.2, 0.25) is 5.91 Å². The van der Waals surface area contributed by atoms with Gasteiger partial charge in [0.25, 0.3) is 11.8 Å². The third-order valence-corrected chi connectivity index (χ3v) is 5.08. The van der Waals surface area contributed by atoms with E-state index in [1.165, 1.54) is 22.9 Å². The summed E-state index contributed by atoms with van der Waals surface area (Å²) in [5, 5.41) is 13.7. The minimum atomic E-state index is -1.12. The van der Waals surface area contributed by atoms with Gasteiger partial charge in [-0.2, -0.15) is 4.68 Å². The molecule has 10 heteroatoms. The molecule has 0 spiro atoms. The lowest BCUT2D eigenvalue weighted by Crippen LogP contribution is -2.50. The van der Waals surface area contributed by atoms with E-state index in [0.717, 1.165) is 4.90 Å². The summed E-state index contributed by atoms with van der Waals surface area (Å²) < 4.78 is 15.8. The Bertz CT molecular complexity index is 1170. The van der Waals surface area contributed by atoms with Crippen molar-refractivity contribution >= 4 is 23.4 Å². The number of benzene rings is 2. The Hall–Kier alpha value is -3.95. The van der Waals surface area contributed by atoms with Crippen LogP contribution in [-0.2, 0) is 4.79 Å². The maximum absolute atomic E-state index is 14.5. The summed E-state index contributed by atoms with van der Waals surface area (Å²) in [5.41, 5.74) is 0.822. The van der Waals surface area contributed by atoms with E-state index in [2.05, 4.69) is 20.8 Å². The van der Waals surface area contributed by atoms with Crippen molar-refractivity contribution in [3.05, 3.63) is 65.2 Å².